The Morgan fingerprint density at radius 3 is 3.05 bits per heavy atom. The molecule has 0 saturated carbocycles. The number of carbonyl (C=O) groups excluding carboxylic acids is 1. The molecule has 2 heterocycles. The van der Waals surface area contributed by atoms with E-state index in [2.05, 4.69) is 10.3 Å². The number of benzene rings is 1. The summed E-state index contributed by atoms with van der Waals surface area (Å²) in [6.45, 7) is 1.27. The van der Waals surface area contributed by atoms with Gasteiger partial charge < -0.3 is 15.0 Å². The highest BCUT2D eigenvalue weighted by atomic mass is 19.1. The molecule has 5 nitrogen and oxygen atoms in total. The molecule has 6 heteroatoms. The van der Waals surface area contributed by atoms with Crippen molar-refractivity contribution in [3.63, 3.8) is 0 Å². The number of hydrogen-bond donors (Lipinski definition) is 1. The van der Waals surface area contributed by atoms with Crippen molar-refractivity contribution < 1.29 is 13.9 Å². The predicted octanol–water partition coefficient (Wildman–Crippen LogP) is 2.32. The van der Waals surface area contributed by atoms with E-state index in [-0.39, 0.29) is 18.4 Å². The van der Waals surface area contributed by atoms with Gasteiger partial charge >= 0.3 is 6.03 Å². The molecule has 1 aliphatic rings. The third kappa shape index (κ3) is 3.16. The molecule has 0 unspecified atom stereocenters. The van der Waals surface area contributed by atoms with Crippen molar-refractivity contribution in [1.29, 1.82) is 0 Å². The van der Waals surface area contributed by atoms with Crippen LogP contribution < -0.4 is 10.1 Å². The van der Waals surface area contributed by atoms with Crippen LogP contribution in [0.25, 0.3) is 0 Å². The van der Waals surface area contributed by atoms with E-state index >= 15 is 0 Å². The van der Waals surface area contributed by atoms with Crippen molar-refractivity contribution in [1.82, 2.24) is 15.2 Å². The number of amides is 2. The number of pyridine rings is 1. The van der Waals surface area contributed by atoms with Crippen molar-refractivity contribution in [3.8, 4) is 5.75 Å². The Hall–Kier alpha value is -2.63. The van der Waals surface area contributed by atoms with Gasteiger partial charge in [-0.2, -0.15) is 0 Å². The summed E-state index contributed by atoms with van der Waals surface area (Å²) in [5, 5.41) is 2.79. The van der Waals surface area contributed by atoms with Gasteiger partial charge in [-0.15, -0.1) is 0 Å². The lowest BCUT2D eigenvalue weighted by atomic mass is 10.2. The maximum absolute atomic E-state index is 13.9. The lowest BCUT2D eigenvalue weighted by Crippen LogP contribution is -2.40. The summed E-state index contributed by atoms with van der Waals surface area (Å²) in [5.74, 6) is 0.141. The Kier molecular flexibility index (Phi) is 4.18. The smallest absolute Gasteiger partial charge is 0.318 e. The number of ether oxygens (including phenoxy) is 1. The molecule has 22 heavy (non-hydrogen) atoms. The molecular weight excluding hydrogens is 285 g/mol. The maximum atomic E-state index is 13.9. The Bertz CT molecular complexity index is 664. The Morgan fingerprint density at radius 2 is 2.23 bits per heavy atom. The monoisotopic (exact) mass is 301 g/mol. The third-order valence-electron chi connectivity index (χ3n) is 3.48. The summed E-state index contributed by atoms with van der Waals surface area (Å²) in [6.07, 6.45) is 1.67. The Morgan fingerprint density at radius 1 is 1.32 bits per heavy atom. The molecule has 0 spiro atoms. The fourth-order valence-electron chi connectivity index (χ4n) is 2.32. The van der Waals surface area contributed by atoms with E-state index in [1.807, 2.05) is 18.2 Å². The largest absolute Gasteiger partial charge is 0.491 e. The van der Waals surface area contributed by atoms with Crippen LogP contribution in [0.15, 0.2) is 42.6 Å². The van der Waals surface area contributed by atoms with Crippen LogP contribution in [0.4, 0.5) is 9.18 Å². The molecule has 2 amide bonds. The second-order valence-electron chi connectivity index (χ2n) is 4.97. The predicted molar refractivity (Wildman–Crippen MR) is 78.8 cm³/mol. The molecule has 2 aromatic rings. The lowest BCUT2D eigenvalue weighted by Gasteiger charge is -2.20. The third-order valence-corrected chi connectivity index (χ3v) is 3.48. The van der Waals surface area contributed by atoms with Gasteiger partial charge in [-0.3, -0.25) is 4.98 Å². The number of hydrogen-bond acceptors (Lipinski definition) is 3. The number of nitrogens with zero attached hydrogens (tertiary/aromatic N) is 2. The van der Waals surface area contributed by atoms with Crippen LogP contribution in [0.1, 0.15) is 11.3 Å². The van der Waals surface area contributed by atoms with Crippen LogP contribution in [0, 0.1) is 5.82 Å². The van der Waals surface area contributed by atoms with Crippen LogP contribution >= 0.6 is 0 Å². The second-order valence-corrected chi connectivity index (χ2v) is 4.97. The van der Waals surface area contributed by atoms with Gasteiger partial charge in [0.2, 0.25) is 0 Å². The van der Waals surface area contributed by atoms with Gasteiger partial charge in [0.25, 0.3) is 0 Å². The van der Waals surface area contributed by atoms with Crippen molar-refractivity contribution in [2.45, 2.75) is 13.1 Å². The summed E-state index contributed by atoms with van der Waals surface area (Å²) in [7, 11) is 0. The van der Waals surface area contributed by atoms with E-state index in [1.54, 1.807) is 18.3 Å². The van der Waals surface area contributed by atoms with Crippen molar-refractivity contribution in [2.75, 3.05) is 13.2 Å². The summed E-state index contributed by atoms with van der Waals surface area (Å²) < 4.78 is 19.4. The van der Waals surface area contributed by atoms with Gasteiger partial charge in [0.05, 0.1) is 25.3 Å². The van der Waals surface area contributed by atoms with E-state index in [0.717, 1.165) is 5.69 Å². The minimum Gasteiger partial charge on any atom is -0.491 e. The van der Waals surface area contributed by atoms with E-state index in [9.17, 15) is 9.18 Å². The average Bonchev–Trinajstić information content (AvgIpc) is 2.77. The van der Waals surface area contributed by atoms with Gasteiger partial charge in [0, 0.05) is 11.8 Å². The van der Waals surface area contributed by atoms with E-state index < -0.39 is 0 Å². The molecule has 0 fully saturated rings. The topological polar surface area (TPSA) is 54.5 Å². The minimum absolute atomic E-state index is 0.191. The van der Waals surface area contributed by atoms with Gasteiger partial charge in [-0.05, 0) is 24.3 Å². The van der Waals surface area contributed by atoms with Gasteiger partial charge in [-0.25, -0.2) is 9.18 Å². The summed E-state index contributed by atoms with van der Waals surface area (Å²) >= 11 is 0. The number of nitrogens with one attached hydrogen (secondary N) is 1. The van der Waals surface area contributed by atoms with Gasteiger partial charge in [0.1, 0.15) is 18.2 Å². The molecule has 114 valence electrons. The Labute approximate surface area is 127 Å². The quantitative estimate of drug-likeness (QED) is 0.926. The number of fused-ring (bicyclic) bond motifs is 1. The molecule has 3 rings (SSSR count). The molecule has 0 saturated heterocycles. The maximum Gasteiger partial charge on any atom is 0.318 e. The van der Waals surface area contributed by atoms with Gasteiger partial charge in [-0.1, -0.05) is 12.1 Å². The molecule has 0 aliphatic carbocycles. The highest BCUT2D eigenvalue weighted by molar-refractivity contribution is 5.74. The zero-order valence-electron chi connectivity index (χ0n) is 12.0. The highest BCUT2D eigenvalue weighted by Crippen LogP contribution is 2.25. The zero-order valence-corrected chi connectivity index (χ0v) is 12.0. The first-order valence-corrected chi connectivity index (χ1v) is 7.07. The van der Waals surface area contributed by atoms with E-state index in [1.165, 1.54) is 11.0 Å². The van der Waals surface area contributed by atoms with Crippen LogP contribution in [-0.2, 0) is 13.1 Å². The second kappa shape index (κ2) is 6.43. The number of urea groups is 1. The summed E-state index contributed by atoms with van der Waals surface area (Å²) in [5.41, 5.74) is 1.18. The molecule has 0 radical (unpaired) electrons. The molecule has 1 N–H and O–H groups in total. The van der Waals surface area contributed by atoms with Crippen LogP contribution in [0.2, 0.25) is 0 Å². The first-order chi connectivity index (χ1) is 10.7. The molecular formula is C16H16FN3O2. The zero-order chi connectivity index (χ0) is 15.4. The highest BCUT2D eigenvalue weighted by Gasteiger charge is 2.22. The van der Waals surface area contributed by atoms with E-state index in [0.29, 0.717) is 31.0 Å². The normalized spacial score (nSPS) is 13.8. The molecule has 1 aromatic carbocycles. The minimum atomic E-state index is -0.359. The van der Waals surface area contributed by atoms with Gasteiger partial charge in [0.15, 0.2) is 0 Å². The molecule has 0 bridgehead atoms. The van der Waals surface area contributed by atoms with Crippen LogP contribution in [0.3, 0.4) is 0 Å². The first-order valence-electron chi connectivity index (χ1n) is 7.07. The molecule has 0 atom stereocenters. The fraction of sp³-hybridized carbons (Fsp3) is 0.250. The SMILES string of the molecule is O=C(NCc1ccccn1)N1CCOc2cccc(F)c2C1. The first kappa shape index (κ1) is 14.3. The van der Waals surface area contributed by atoms with Crippen molar-refractivity contribution >= 4 is 6.03 Å². The summed E-state index contributed by atoms with van der Waals surface area (Å²) in [4.78, 5) is 17.9. The number of rotatable bonds is 2. The lowest BCUT2D eigenvalue weighted by molar-refractivity contribution is 0.187. The summed E-state index contributed by atoms with van der Waals surface area (Å²) in [6, 6.07) is 9.94. The number of aromatic nitrogens is 1. The van der Waals surface area contributed by atoms with Crippen LogP contribution in [0.5, 0.6) is 5.75 Å². The van der Waals surface area contributed by atoms with E-state index in [4.69, 9.17) is 4.74 Å². The van der Waals surface area contributed by atoms with Crippen molar-refractivity contribution in [2.24, 2.45) is 0 Å². The average molecular weight is 301 g/mol. The Balaban J connectivity index is 1.67. The molecule has 1 aromatic heterocycles. The van der Waals surface area contributed by atoms with Crippen molar-refractivity contribution in [3.05, 3.63) is 59.7 Å². The number of halogens is 1. The van der Waals surface area contributed by atoms with Crippen LogP contribution in [-0.4, -0.2) is 29.1 Å². The fourth-order valence-corrected chi connectivity index (χ4v) is 2.32. The standard InChI is InChI=1S/C16H16FN3O2/c17-14-5-3-6-15-13(14)11-20(8-9-22-15)16(21)19-10-12-4-1-2-7-18-12/h1-7H,8-11H2,(H,19,21). The number of carbonyl (C=O) groups is 1. The molecule has 1 aliphatic heterocycles.